The highest BCUT2D eigenvalue weighted by molar-refractivity contribution is 5.69. The van der Waals surface area contributed by atoms with Gasteiger partial charge in [-0.3, -0.25) is 0 Å². The minimum Gasteiger partial charge on any atom is -0.339 e. The SMILES string of the molecule is CC1Cc2ccccc2N1c1ccnc(N(C)Cc2ccccc2)n1. The Morgan fingerprint density at radius 2 is 1.80 bits per heavy atom. The normalized spacial score (nSPS) is 15.9. The van der Waals surface area contributed by atoms with Crippen LogP contribution in [0.25, 0.3) is 0 Å². The predicted octanol–water partition coefficient (Wildman–Crippen LogP) is 4.20. The van der Waals surface area contributed by atoms with Gasteiger partial charge in [0.25, 0.3) is 0 Å². The van der Waals surface area contributed by atoms with Gasteiger partial charge in [-0.25, -0.2) is 4.98 Å². The Kier molecular flexibility index (Phi) is 4.10. The van der Waals surface area contributed by atoms with Crippen LogP contribution in [0.4, 0.5) is 17.5 Å². The second-order valence-electron chi connectivity index (χ2n) is 6.61. The molecule has 0 amide bonds. The van der Waals surface area contributed by atoms with Crippen LogP contribution < -0.4 is 9.80 Å². The molecule has 126 valence electrons. The van der Waals surface area contributed by atoms with E-state index < -0.39 is 0 Å². The molecule has 0 radical (unpaired) electrons. The van der Waals surface area contributed by atoms with E-state index >= 15 is 0 Å². The maximum absolute atomic E-state index is 4.84. The van der Waals surface area contributed by atoms with Crippen LogP contribution in [-0.2, 0) is 13.0 Å². The molecule has 0 N–H and O–H groups in total. The molecule has 0 aliphatic carbocycles. The molecule has 4 nitrogen and oxygen atoms in total. The molecule has 3 aromatic rings. The molecule has 0 fully saturated rings. The first kappa shape index (κ1) is 15.6. The van der Waals surface area contributed by atoms with Crippen LogP contribution in [0.2, 0.25) is 0 Å². The van der Waals surface area contributed by atoms with Crippen LogP contribution in [0.3, 0.4) is 0 Å². The van der Waals surface area contributed by atoms with Gasteiger partial charge in [-0.05, 0) is 36.6 Å². The average molecular weight is 330 g/mol. The lowest BCUT2D eigenvalue weighted by Gasteiger charge is -2.25. The van der Waals surface area contributed by atoms with Crippen molar-refractivity contribution in [3.63, 3.8) is 0 Å². The van der Waals surface area contributed by atoms with E-state index in [-0.39, 0.29) is 0 Å². The van der Waals surface area contributed by atoms with Gasteiger partial charge in [-0.2, -0.15) is 4.98 Å². The van der Waals surface area contributed by atoms with Crippen LogP contribution >= 0.6 is 0 Å². The highest BCUT2D eigenvalue weighted by Crippen LogP contribution is 2.37. The van der Waals surface area contributed by atoms with E-state index in [9.17, 15) is 0 Å². The van der Waals surface area contributed by atoms with Crippen molar-refractivity contribution in [1.82, 2.24) is 9.97 Å². The first-order chi connectivity index (χ1) is 12.2. The number of nitrogens with zero attached hydrogens (tertiary/aromatic N) is 4. The molecular formula is C21H22N4. The maximum Gasteiger partial charge on any atom is 0.227 e. The van der Waals surface area contributed by atoms with Crippen molar-refractivity contribution in [3.05, 3.63) is 78.0 Å². The fraction of sp³-hybridized carbons (Fsp3) is 0.238. The summed E-state index contributed by atoms with van der Waals surface area (Å²) in [6, 6.07) is 21.4. The molecule has 4 heteroatoms. The van der Waals surface area contributed by atoms with Crippen molar-refractivity contribution in [2.24, 2.45) is 0 Å². The van der Waals surface area contributed by atoms with Crippen LogP contribution in [-0.4, -0.2) is 23.1 Å². The molecule has 1 unspecified atom stereocenters. The molecule has 0 spiro atoms. The number of para-hydroxylation sites is 1. The molecule has 1 atom stereocenters. The topological polar surface area (TPSA) is 32.3 Å². The Hall–Kier alpha value is -2.88. The van der Waals surface area contributed by atoms with Gasteiger partial charge in [0.2, 0.25) is 5.95 Å². The lowest BCUT2D eigenvalue weighted by atomic mass is 10.1. The van der Waals surface area contributed by atoms with Crippen molar-refractivity contribution in [2.45, 2.75) is 25.9 Å². The fourth-order valence-electron chi connectivity index (χ4n) is 3.50. The number of anilines is 3. The Balaban J connectivity index is 1.62. The zero-order chi connectivity index (χ0) is 17.2. The third kappa shape index (κ3) is 3.07. The second kappa shape index (κ2) is 6.55. The van der Waals surface area contributed by atoms with Crippen molar-refractivity contribution >= 4 is 17.5 Å². The molecule has 2 heterocycles. The van der Waals surface area contributed by atoms with Gasteiger partial charge >= 0.3 is 0 Å². The maximum atomic E-state index is 4.84. The van der Waals surface area contributed by atoms with E-state index in [0.717, 1.165) is 24.7 Å². The second-order valence-corrected chi connectivity index (χ2v) is 6.61. The van der Waals surface area contributed by atoms with Gasteiger partial charge in [0.1, 0.15) is 5.82 Å². The van der Waals surface area contributed by atoms with Crippen molar-refractivity contribution < 1.29 is 0 Å². The molecule has 0 bridgehead atoms. The largest absolute Gasteiger partial charge is 0.339 e. The van der Waals surface area contributed by atoms with E-state index in [1.807, 2.05) is 25.4 Å². The predicted molar refractivity (Wildman–Crippen MR) is 102 cm³/mol. The summed E-state index contributed by atoms with van der Waals surface area (Å²) in [6.07, 6.45) is 2.90. The number of rotatable bonds is 4. The zero-order valence-electron chi connectivity index (χ0n) is 14.6. The van der Waals surface area contributed by atoms with Gasteiger partial charge in [0.15, 0.2) is 0 Å². The molecule has 0 saturated carbocycles. The van der Waals surface area contributed by atoms with E-state index in [0.29, 0.717) is 6.04 Å². The summed E-state index contributed by atoms with van der Waals surface area (Å²) in [5, 5.41) is 0. The molecule has 1 aliphatic heterocycles. The van der Waals surface area contributed by atoms with Crippen LogP contribution in [0.15, 0.2) is 66.9 Å². The van der Waals surface area contributed by atoms with Crippen molar-refractivity contribution in [2.75, 3.05) is 16.8 Å². The number of hydrogen-bond donors (Lipinski definition) is 0. The van der Waals surface area contributed by atoms with E-state index in [2.05, 4.69) is 70.2 Å². The van der Waals surface area contributed by atoms with E-state index in [1.54, 1.807) is 0 Å². The molecular weight excluding hydrogens is 308 g/mol. The minimum atomic E-state index is 0.402. The average Bonchev–Trinajstić information content (AvgIpc) is 2.98. The summed E-state index contributed by atoms with van der Waals surface area (Å²) < 4.78 is 0. The zero-order valence-corrected chi connectivity index (χ0v) is 14.6. The fourth-order valence-corrected chi connectivity index (χ4v) is 3.50. The van der Waals surface area contributed by atoms with Gasteiger partial charge in [-0.1, -0.05) is 48.5 Å². The Morgan fingerprint density at radius 1 is 1.04 bits per heavy atom. The number of hydrogen-bond acceptors (Lipinski definition) is 4. The van der Waals surface area contributed by atoms with Crippen LogP contribution in [0, 0.1) is 0 Å². The van der Waals surface area contributed by atoms with Gasteiger partial charge in [0, 0.05) is 31.5 Å². The van der Waals surface area contributed by atoms with E-state index in [1.165, 1.54) is 16.8 Å². The summed E-state index contributed by atoms with van der Waals surface area (Å²) >= 11 is 0. The first-order valence-corrected chi connectivity index (χ1v) is 8.67. The molecule has 1 aliphatic rings. The lowest BCUT2D eigenvalue weighted by molar-refractivity contribution is 0.746. The molecule has 25 heavy (non-hydrogen) atoms. The summed E-state index contributed by atoms with van der Waals surface area (Å²) in [4.78, 5) is 13.7. The lowest BCUT2D eigenvalue weighted by Crippen LogP contribution is -2.26. The third-order valence-electron chi connectivity index (χ3n) is 4.69. The Labute approximate surface area is 148 Å². The Bertz CT molecular complexity index is 863. The molecule has 1 aromatic heterocycles. The van der Waals surface area contributed by atoms with Gasteiger partial charge < -0.3 is 9.80 Å². The highest BCUT2D eigenvalue weighted by atomic mass is 15.3. The summed E-state index contributed by atoms with van der Waals surface area (Å²) in [7, 11) is 2.04. The van der Waals surface area contributed by atoms with Crippen molar-refractivity contribution in [1.29, 1.82) is 0 Å². The van der Waals surface area contributed by atoms with Crippen molar-refractivity contribution in [3.8, 4) is 0 Å². The number of benzene rings is 2. The van der Waals surface area contributed by atoms with Gasteiger partial charge in [0.05, 0.1) is 0 Å². The number of fused-ring (bicyclic) bond motifs is 1. The van der Waals surface area contributed by atoms with Crippen LogP contribution in [0.5, 0.6) is 0 Å². The summed E-state index contributed by atoms with van der Waals surface area (Å²) in [5.41, 5.74) is 3.89. The Morgan fingerprint density at radius 3 is 2.64 bits per heavy atom. The standard InChI is InChI=1S/C21H22N4/c1-16-14-18-10-6-7-11-19(18)25(16)20-12-13-22-21(23-20)24(2)15-17-8-4-3-5-9-17/h3-13,16H,14-15H2,1-2H3. The summed E-state index contributed by atoms with van der Waals surface area (Å²) in [5.74, 6) is 1.71. The molecule has 2 aromatic carbocycles. The smallest absolute Gasteiger partial charge is 0.227 e. The summed E-state index contributed by atoms with van der Waals surface area (Å²) in [6.45, 7) is 3.03. The minimum absolute atomic E-state index is 0.402. The first-order valence-electron chi connectivity index (χ1n) is 8.67. The third-order valence-corrected chi connectivity index (χ3v) is 4.69. The highest BCUT2D eigenvalue weighted by Gasteiger charge is 2.28. The quantitative estimate of drug-likeness (QED) is 0.718. The van der Waals surface area contributed by atoms with Gasteiger partial charge in [-0.15, -0.1) is 0 Å². The van der Waals surface area contributed by atoms with Crippen LogP contribution in [0.1, 0.15) is 18.1 Å². The molecule has 0 saturated heterocycles. The monoisotopic (exact) mass is 330 g/mol. The number of aromatic nitrogens is 2. The molecule has 4 rings (SSSR count). The van der Waals surface area contributed by atoms with E-state index in [4.69, 9.17) is 4.98 Å².